The van der Waals surface area contributed by atoms with Gasteiger partial charge in [0.15, 0.2) is 5.78 Å². The summed E-state index contributed by atoms with van der Waals surface area (Å²) < 4.78 is 0. The summed E-state index contributed by atoms with van der Waals surface area (Å²) in [5.74, 6) is 0.196. The molecule has 0 N–H and O–H groups in total. The van der Waals surface area contributed by atoms with Crippen molar-refractivity contribution in [1.82, 2.24) is 4.98 Å². The van der Waals surface area contributed by atoms with Crippen LogP contribution in [0.5, 0.6) is 0 Å². The lowest BCUT2D eigenvalue weighted by Gasteiger charge is -2.02. The topological polar surface area (TPSA) is 30.0 Å². The Hall–Kier alpha value is -1.96. The van der Waals surface area contributed by atoms with Gasteiger partial charge in [-0.1, -0.05) is 29.8 Å². The van der Waals surface area contributed by atoms with Gasteiger partial charge in [-0.2, -0.15) is 0 Å². The van der Waals surface area contributed by atoms with Crippen LogP contribution in [0.4, 0.5) is 0 Å². The summed E-state index contributed by atoms with van der Waals surface area (Å²) in [5, 5.41) is 0. The molecular weight excluding hydrogens is 210 g/mol. The average Bonchev–Trinajstić information content (AvgIpc) is 2.38. The summed E-state index contributed by atoms with van der Waals surface area (Å²) in [5.41, 5.74) is 3.13. The van der Waals surface area contributed by atoms with Gasteiger partial charge in [-0.05, 0) is 31.0 Å². The lowest BCUT2D eigenvalue weighted by atomic mass is 10.0. The maximum Gasteiger partial charge on any atom is 0.163 e. The molecule has 1 aromatic carbocycles. The number of aryl methyl sites for hydroxylation is 2. The fourth-order valence-electron chi connectivity index (χ4n) is 1.69. The van der Waals surface area contributed by atoms with Crippen LogP contribution < -0.4 is 0 Å². The largest absolute Gasteiger partial charge is 0.294 e. The number of aromatic nitrogens is 1. The fourth-order valence-corrected chi connectivity index (χ4v) is 1.69. The van der Waals surface area contributed by atoms with E-state index in [1.807, 2.05) is 43.3 Å². The second-order valence-corrected chi connectivity index (χ2v) is 4.14. The minimum absolute atomic E-state index is 0.196. The Morgan fingerprint density at radius 3 is 2.35 bits per heavy atom. The molecule has 0 unspecified atom stereocenters. The molecule has 0 spiro atoms. The van der Waals surface area contributed by atoms with Crippen molar-refractivity contribution in [3.05, 3.63) is 65.5 Å². The van der Waals surface area contributed by atoms with Gasteiger partial charge in [-0.15, -0.1) is 0 Å². The number of ketones is 1. The number of nitrogens with zero attached hydrogens (tertiary/aromatic N) is 1. The molecule has 0 saturated carbocycles. The number of carbonyl (C=O) groups excluding carboxylic acids is 1. The van der Waals surface area contributed by atoms with Gasteiger partial charge in [0.25, 0.3) is 0 Å². The average molecular weight is 225 g/mol. The summed E-state index contributed by atoms with van der Waals surface area (Å²) in [6.45, 7) is 2.02. The van der Waals surface area contributed by atoms with Crippen molar-refractivity contribution in [1.29, 1.82) is 0 Å². The quantitative estimate of drug-likeness (QED) is 0.748. The molecule has 0 aliphatic carbocycles. The standard InChI is InChI=1S/C15H15NO/c1-12-2-5-14(6-3-12)15(17)7-4-13-8-10-16-11-9-13/h2-3,5-6,8-11H,4,7H2,1H3. The summed E-state index contributed by atoms with van der Waals surface area (Å²) in [7, 11) is 0. The zero-order chi connectivity index (χ0) is 12.1. The second-order valence-electron chi connectivity index (χ2n) is 4.14. The number of hydrogen-bond acceptors (Lipinski definition) is 2. The third-order valence-corrected chi connectivity index (χ3v) is 2.76. The van der Waals surface area contributed by atoms with E-state index < -0.39 is 0 Å². The first-order chi connectivity index (χ1) is 8.25. The Morgan fingerprint density at radius 1 is 1.06 bits per heavy atom. The molecule has 2 nitrogen and oxygen atoms in total. The van der Waals surface area contributed by atoms with Crippen molar-refractivity contribution in [2.75, 3.05) is 0 Å². The van der Waals surface area contributed by atoms with Crippen LogP contribution in [0.2, 0.25) is 0 Å². The van der Waals surface area contributed by atoms with E-state index in [0.29, 0.717) is 6.42 Å². The Morgan fingerprint density at radius 2 is 1.71 bits per heavy atom. The van der Waals surface area contributed by atoms with E-state index in [0.717, 1.165) is 17.5 Å². The Balaban J connectivity index is 1.96. The van der Waals surface area contributed by atoms with Crippen LogP contribution in [0.15, 0.2) is 48.8 Å². The van der Waals surface area contributed by atoms with Crippen LogP contribution in [-0.4, -0.2) is 10.8 Å². The molecule has 0 aliphatic heterocycles. The zero-order valence-corrected chi connectivity index (χ0v) is 9.89. The maximum atomic E-state index is 11.9. The zero-order valence-electron chi connectivity index (χ0n) is 9.89. The number of carbonyl (C=O) groups is 1. The Labute approximate surface area is 101 Å². The monoisotopic (exact) mass is 225 g/mol. The third-order valence-electron chi connectivity index (χ3n) is 2.76. The van der Waals surface area contributed by atoms with Gasteiger partial charge in [0.2, 0.25) is 0 Å². The van der Waals surface area contributed by atoms with Crippen molar-refractivity contribution in [3.63, 3.8) is 0 Å². The van der Waals surface area contributed by atoms with Crippen molar-refractivity contribution in [2.24, 2.45) is 0 Å². The molecule has 0 fully saturated rings. The summed E-state index contributed by atoms with van der Waals surface area (Å²) in [4.78, 5) is 15.9. The first kappa shape index (κ1) is 11.5. The molecule has 0 atom stereocenters. The predicted octanol–water partition coefficient (Wildman–Crippen LogP) is 3.21. The number of benzene rings is 1. The van der Waals surface area contributed by atoms with Crippen LogP contribution in [0.25, 0.3) is 0 Å². The van der Waals surface area contributed by atoms with E-state index in [1.54, 1.807) is 12.4 Å². The van der Waals surface area contributed by atoms with Crippen molar-refractivity contribution in [2.45, 2.75) is 19.8 Å². The molecule has 17 heavy (non-hydrogen) atoms. The Kier molecular flexibility index (Phi) is 3.66. The van der Waals surface area contributed by atoms with Gasteiger partial charge < -0.3 is 0 Å². The van der Waals surface area contributed by atoms with Crippen LogP contribution in [0, 0.1) is 6.92 Å². The molecule has 1 heterocycles. The minimum atomic E-state index is 0.196. The molecule has 0 amide bonds. The molecule has 0 radical (unpaired) electrons. The second kappa shape index (κ2) is 5.39. The van der Waals surface area contributed by atoms with Crippen LogP contribution in [-0.2, 0) is 6.42 Å². The van der Waals surface area contributed by atoms with Gasteiger partial charge in [0.05, 0.1) is 0 Å². The highest BCUT2D eigenvalue weighted by Crippen LogP contribution is 2.09. The van der Waals surface area contributed by atoms with E-state index in [4.69, 9.17) is 0 Å². The third kappa shape index (κ3) is 3.25. The number of Topliss-reactive ketones (excluding diaryl/α,β-unsaturated/α-hetero) is 1. The van der Waals surface area contributed by atoms with Gasteiger partial charge in [-0.25, -0.2) is 0 Å². The number of pyridine rings is 1. The van der Waals surface area contributed by atoms with E-state index in [1.165, 1.54) is 5.56 Å². The molecule has 86 valence electrons. The van der Waals surface area contributed by atoms with Crippen LogP contribution in [0.3, 0.4) is 0 Å². The van der Waals surface area contributed by atoms with E-state index in [9.17, 15) is 4.79 Å². The van der Waals surface area contributed by atoms with E-state index in [-0.39, 0.29) is 5.78 Å². The molecule has 2 aromatic rings. The molecule has 0 aliphatic rings. The lowest BCUT2D eigenvalue weighted by Crippen LogP contribution is -2.01. The van der Waals surface area contributed by atoms with Crippen LogP contribution in [0.1, 0.15) is 27.9 Å². The first-order valence-electron chi connectivity index (χ1n) is 5.74. The van der Waals surface area contributed by atoms with Gasteiger partial charge >= 0.3 is 0 Å². The SMILES string of the molecule is Cc1ccc(C(=O)CCc2ccncc2)cc1. The van der Waals surface area contributed by atoms with Crippen molar-refractivity contribution in [3.8, 4) is 0 Å². The number of hydrogen-bond donors (Lipinski definition) is 0. The fraction of sp³-hybridized carbons (Fsp3) is 0.200. The lowest BCUT2D eigenvalue weighted by molar-refractivity contribution is 0.0983. The smallest absolute Gasteiger partial charge is 0.163 e. The van der Waals surface area contributed by atoms with E-state index in [2.05, 4.69) is 4.98 Å². The van der Waals surface area contributed by atoms with Crippen molar-refractivity contribution < 1.29 is 4.79 Å². The molecular formula is C15H15NO. The summed E-state index contributed by atoms with van der Waals surface area (Å²) in [6, 6.07) is 11.6. The maximum absolute atomic E-state index is 11.9. The highest BCUT2D eigenvalue weighted by atomic mass is 16.1. The molecule has 2 heteroatoms. The minimum Gasteiger partial charge on any atom is -0.294 e. The number of rotatable bonds is 4. The highest BCUT2D eigenvalue weighted by molar-refractivity contribution is 5.96. The Bertz CT molecular complexity index is 488. The molecule has 0 bridgehead atoms. The molecule has 0 saturated heterocycles. The molecule has 1 aromatic heterocycles. The summed E-state index contributed by atoms with van der Waals surface area (Å²) in [6.07, 6.45) is 4.83. The molecule has 2 rings (SSSR count). The van der Waals surface area contributed by atoms with Gasteiger partial charge in [0, 0.05) is 24.4 Å². The van der Waals surface area contributed by atoms with E-state index >= 15 is 0 Å². The predicted molar refractivity (Wildman–Crippen MR) is 68.1 cm³/mol. The van der Waals surface area contributed by atoms with Gasteiger partial charge in [-0.3, -0.25) is 9.78 Å². The first-order valence-corrected chi connectivity index (χ1v) is 5.74. The summed E-state index contributed by atoms with van der Waals surface area (Å²) >= 11 is 0. The van der Waals surface area contributed by atoms with Crippen LogP contribution >= 0.6 is 0 Å². The highest BCUT2D eigenvalue weighted by Gasteiger charge is 2.05. The van der Waals surface area contributed by atoms with Crippen molar-refractivity contribution >= 4 is 5.78 Å². The van der Waals surface area contributed by atoms with Gasteiger partial charge in [0.1, 0.15) is 0 Å². The normalized spacial score (nSPS) is 10.2.